The molecule has 0 aliphatic carbocycles. The fourth-order valence-corrected chi connectivity index (χ4v) is 4.50. The van der Waals surface area contributed by atoms with Crippen LogP contribution in [-0.4, -0.2) is 0 Å². The van der Waals surface area contributed by atoms with Gasteiger partial charge < -0.3 is 4.74 Å². The van der Waals surface area contributed by atoms with Gasteiger partial charge in [0, 0.05) is 0 Å². The van der Waals surface area contributed by atoms with E-state index in [1.807, 2.05) is 12.5 Å². The molecule has 0 saturated heterocycles. The van der Waals surface area contributed by atoms with Crippen molar-refractivity contribution in [2.24, 2.45) is 0 Å². The minimum atomic E-state index is 1.16. The summed E-state index contributed by atoms with van der Waals surface area (Å²) in [6.45, 7) is 4.59. The lowest BCUT2D eigenvalue weighted by Gasteiger charge is -2.02. The molecule has 196 valence electrons. The highest BCUT2D eigenvalue weighted by molar-refractivity contribution is 4.79. The molecule has 0 aliphatic rings. The van der Waals surface area contributed by atoms with Crippen molar-refractivity contribution in [2.75, 3.05) is 0 Å². The summed E-state index contributed by atoms with van der Waals surface area (Å²) in [5.41, 5.74) is 0. The van der Waals surface area contributed by atoms with E-state index in [1.165, 1.54) is 154 Å². The molecule has 0 fully saturated rings. The van der Waals surface area contributed by atoms with E-state index in [0.29, 0.717) is 0 Å². The predicted molar refractivity (Wildman–Crippen MR) is 151 cm³/mol. The molecule has 0 unspecified atom stereocenters. The van der Waals surface area contributed by atoms with E-state index in [4.69, 9.17) is 4.74 Å². The second kappa shape index (κ2) is 31.3. The van der Waals surface area contributed by atoms with Crippen molar-refractivity contribution in [3.05, 3.63) is 24.7 Å². The molecule has 0 saturated carbocycles. The largest absolute Gasteiger partial charge is 0.473 e. The van der Waals surface area contributed by atoms with E-state index in [0.717, 1.165) is 12.8 Å². The minimum Gasteiger partial charge on any atom is -0.473 e. The van der Waals surface area contributed by atoms with Crippen molar-refractivity contribution in [2.45, 2.75) is 181 Å². The van der Waals surface area contributed by atoms with Crippen molar-refractivity contribution in [1.82, 2.24) is 0 Å². The molecule has 33 heavy (non-hydrogen) atoms. The van der Waals surface area contributed by atoms with Gasteiger partial charge >= 0.3 is 0 Å². The van der Waals surface area contributed by atoms with Gasteiger partial charge in [-0.1, -0.05) is 155 Å². The van der Waals surface area contributed by atoms with Crippen LogP contribution in [0.5, 0.6) is 0 Å². The van der Waals surface area contributed by atoms with Crippen molar-refractivity contribution in [3.8, 4) is 0 Å². The zero-order chi connectivity index (χ0) is 23.9. The van der Waals surface area contributed by atoms with Crippen LogP contribution in [0.3, 0.4) is 0 Å². The summed E-state index contributed by atoms with van der Waals surface area (Å²) in [6.07, 6.45) is 44.4. The van der Waals surface area contributed by atoms with Crippen LogP contribution in [0.15, 0.2) is 24.7 Å². The molecule has 0 atom stereocenters. The number of ether oxygens (including phenoxy) is 1. The SMILES string of the molecule is CCCCCCCCCCCCCCC=COC=CCCCCCCCCCCCCCC. The summed E-state index contributed by atoms with van der Waals surface area (Å²) in [4.78, 5) is 0. The van der Waals surface area contributed by atoms with Crippen LogP contribution in [0.25, 0.3) is 0 Å². The van der Waals surface area contributed by atoms with Gasteiger partial charge in [0.25, 0.3) is 0 Å². The summed E-state index contributed by atoms with van der Waals surface area (Å²) in [5, 5.41) is 0. The average Bonchev–Trinajstić information content (AvgIpc) is 2.83. The smallest absolute Gasteiger partial charge is 0.0861 e. The van der Waals surface area contributed by atoms with E-state index in [-0.39, 0.29) is 0 Å². The summed E-state index contributed by atoms with van der Waals surface area (Å²) < 4.78 is 5.49. The first-order valence-corrected chi connectivity index (χ1v) is 15.4. The fraction of sp³-hybridized carbons (Fsp3) is 0.875. The molecule has 1 nitrogen and oxygen atoms in total. The minimum absolute atomic E-state index is 1.16. The molecule has 0 aromatic heterocycles. The van der Waals surface area contributed by atoms with Gasteiger partial charge in [-0.3, -0.25) is 0 Å². The highest BCUT2D eigenvalue weighted by atomic mass is 16.5. The molecule has 0 aromatic rings. The highest BCUT2D eigenvalue weighted by Gasteiger charge is 1.94. The van der Waals surface area contributed by atoms with Gasteiger partial charge in [0.05, 0.1) is 12.5 Å². The lowest BCUT2D eigenvalue weighted by atomic mass is 10.0. The molecule has 0 rings (SSSR count). The first-order chi connectivity index (χ1) is 16.4. The van der Waals surface area contributed by atoms with Gasteiger partial charge in [0.2, 0.25) is 0 Å². The van der Waals surface area contributed by atoms with Crippen LogP contribution in [0, 0.1) is 0 Å². The monoisotopic (exact) mass is 462 g/mol. The molecule has 0 bridgehead atoms. The van der Waals surface area contributed by atoms with Crippen LogP contribution < -0.4 is 0 Å². The Bertz CT molecular complexity index is 348. The number of allylic oxidation sites excluding steroid dienone is 2. The van der Waals surface area contributed by atoms with Crippen LogP contribution in [0.4, 0.5) is 0 Å². The van der Waals surface area contributed by atoms with Gasteiger partial charge in [-0.2, -0.15) is 0 Å². The quantitative estimate of drug-likeness (QED) is 0.0829. The summed E-state index contributed by atoms with van der Waals surface area (Å²) >= 11 is 0. The van der Waals surface area contributed by atoms with E-state index in [1.54, 1.807) is 0 Å². The maximum Gasteiger partial charge on any atom is 0.0861 e. The van der Waals surface area contributed by atoms with Crippen LogP contribution in [-0.2, 0) is 4.74 Å². The first-order valence-electron chi connectivity index (χ1n) is 15.4. The Labute approximate surface area is 210 Å². The Morgan fingerprint density at radius 3 is 0.848 bits per heavy atom. The van der Waals surface area contributed by atoms with Crippen molar-refractivity contribution >= 4 is 0 Å². The molecule has 0 N–H and O–H groups in total. The van der Waals surface area contributed by atoms with Crippen LogP contribution in [0.1, 0.15) is 181 Å². The maximum absolute atomic E-state index is 5.49. The molecule has 0 aromatic carbocycles. The maximum atomic E-state index is 5.49. The Balaban J connectivity index is 3.14. The summed E-state index contributed by atoms with van der Waals surface area (Å²) in [6, 6.07) is 0. The van der Waals surface area contributed by atoms with E-state index in [2.05, 4.69) is 26.0 Å². The van der Waals surface area contributed by atoms with Crippen molar-refractivity contribution in [1.29, 1.82) is 0 Å². The summed E-state index contributed by atoms with van der Waals surface area (Å²) in [7, 11) is 0. The second-order valence-corrected chi connectivity index (χ2v) is 10.2. The lowest BCUT2D eigenvalue weighted by molar-refractivity contribution is 0.397. The third kappa shape index (κ3) is 31.3. The van der Waals surface area contributed by atoms with Crippen LogP contribution >= 0.6 is 0 Å². The zero-order valence-corrected chi connectivity index (χ0v) is 23.1. The Kier molecular flexibility index (Phi) is 30.6. The standard InChI is InChI=1S/C32H62O/c1-3-5-7-9-11-13-15-17-19-21-23-25-27-29-31-33-32-30-28-26-24-22-20-18-16-14-12-10-8-6-4-2/h29-32H,3-28H2,1-2H3. The lowest BCUT2D eigenvalue weighted by Crippen LogP contribution is -1.82. The molecule has 0 radical (unpaired) electrons. The first kappa shape index (κ1) is 32.3. The highest BCUT2D eigenvalue weighted by Crippen LogP contribution is 2.14. The van der Waals surface area contributed by atoms with Gasteiger partial charge in [-0.25, -0.2) is 0 Å². The molecule has 0 heterocycles. The fourth-order valence-electron chi connectivity index (χ4n) is 4.50. The Morgan fingerprint density at radius 1 is 0.333 bits per heavy atom. The predicted octanol–water partition coefficient (Wildman–Crippen LogP) is 12.2. The van der Waals surface area contributed by atoms with Gasteiger partial charge in [-0.05, 0) is 37.8 Å². The molecule has 1 heteroatoms. The van der Waals surface area contributed by atoms with Crippen molar-refractivity contribution < 1.29 is 4.74 Å². The molecular formula is C32H62O. The number of hydrogen-bond donors (Lipinski definition) is 0. The number of unbranched alkanes of at least 4 members (excludes halogenated alkanes) is 24. The molecular weight excluding hydrogens is 400 g/mol. The van der Waals surface area contributed by atoms with E-state index in [9.17, 15) is 0 Å². The summed E-state index contributed by atoms with van der Waals surface area (Å²) in [5.74, 6) is 0. The molecule has 0 amide bonds. The number of hydrogen-bond acceptors (Lipinski definition) is 1. The van der Waals surface area contributed by atoms with E-state index < -0.39 is 0 Å². The molecule has 0 spiro atoms. The average molecular weight is 463 g/mol. The number of rotatable bonds is 28. The third-order valence-corrected chi connectivity index (χ3v) is 6.80. The van der Waals surface area contributed by atoms with E-state index >= 15 is 0 Å². The van der Waals surface area contributed by atoms with Crippen LogP contribution in [0.2, 0.25) is 0 Å². The van der Waals surface area contributed by atoms with Gasteiger partial charge in [-0.15, -0.1) is 0 Å². The Morgan fingerprint density at radius 2 is 0.576 bits per heavy atom. The topological polar surface area (TPSA) is 9.23 Å². The second-order valence-electron chi connectivity index (χ2n) is 10.2. The zero-order valence-electron chi connectivity index (χ0n) is 23.1. The van der Waals surface area contributed by atoms with Crippen molar-refractivity contribution in [3.63, 3.8) is 0 Å². The van der Waals surface area contributed by atoms with Gasteiger partial charge in [0.1, 0.15) is 0 Å². The Hall–Kier alpha value is -0.720. The molecule has 0 aliphatic heterocycles. The normalized spacial score (nSPS) is 11.8. The third-order valence-electron chi connectivity index (χ3n) is 6.80. The van der Waals surface area contributed by atoms with Gasteiger partial charge in [0.15, 0.2) is 0 Å².